The number of hydrogen-bond donors (Lipinski definition) is 1. The number of rotatable bonds is 6. The molecule has 0 aliphatic carbocycles. The van der Waals surface area contributed by atoms with Crippen molar-refractivity contribution in [3.05, 3.63) is 93.0 Å². The summed E-state index contributed by atoms with van der Waals surface area (Å²) in [5.74, 6) is 0. The second-order valence-corrected chi connectivity index (χ2v) is 11.0. The number of fused-ring (bicyclic) bond motifs is 1. The second kappa shape index (κ2) is 10.0. The molecule has 0 bridgehead atoms. The fraction of sp³-hybridized carbons (Fsp3) is 0.240. The Kier molecular flexibility index (Phi) is 6.76. The van der Waals surface area contributed by atoms with Crippen LogP contribution in [0.1, 0.15) is 11.1 Å². The zero-order chi connectivity index (χ0) is 26.2. The lowest BCUT2D eigenvalue weighted by molar-refractivity contribution is -0.384. The maximum Gasteiger partial charge on any atom is 0.339 e. The zero-order valence-corrected chi connectivity index (χ0v) is 21.3. The summed E-state index contributed by atoms with van der Waals surface area (Å²) < 4.78 is 28.9. The van der Waals surface area contributed by atoms with Crippen molar-refractivity contribution in [2.24, 2.45) is 0 Å². The first kappa shape index (κ1) is 25.0. The topological polar surface area (TPSA) is 116 Å². The first-order valence-electron chi connectivity index (χ1n) is 11.7. The molecule has 0 spiro atoms. The van der Waals surface area contributed by atoms with Crippen molar-refractivity contribution in [2.45, 2.75) is 18.0 Å². The predicted octanol–water partition coefficient (Wildman–Crippen LogP) is 3.99. The third-order valence-electron chi connectivity index (χ3n) is 6.39. The lowest BCUT2D eigenvalue weighted by Crippen LogP contribution is -2.51. The normalized spacial score (nSPS) is 17.0. The monoisotopic (exact) mass is 541 g/mol. The van der Waals surface area contributed by atoms with Crippen LogP contribution >= 0.6 is 11.6 Å². The number of amides is 2. The van der Waals surface area contributed by atoms with Crippen LogP contribution in [-0.2, 0) is 23.1 Å². The summed E-state index contributed by atoms with van der Waals surface area (Å²) in [4.78, 5) is 27.9. The molecule has 1 saturated heterocycles. The largest absolute Gasteiger partial charge is 0.368 e. The molecule has 12 heteroatoms. The lowest BCUT2D eigenvalue weighted by atomic mass is 10.1. The summed E-state index contributed by atoms with van der Waals surface area (Å²) in [6.07, 6.45) is 0. The van der Waals surface area contributed by atoms with Crippen LogP contribution in [0.15, 0.2) is 71.6 Å². The van der Waals surface area contributed by atoms with Crippen LogP contribution in [0.3, 0.4) is 0 Å². The highest BCUT2D eigenvalue weighted by Crippen LogP contribution is 2.44. The van der Waals surface area contributed by atoms with E-state index >= 15 is 0 Å². The molecule has 1 N–H and O–H groups in total. The number of sulfonamides is 1. The first-order valence-corrected chi connectivity index (χ1v) is 13.5. The summed E-state index contributed by atoms with van der Waals surface area (Å²) in [5, 5.41) is 14.9. The van der Waals surface area contributed by atoms with Gasteiger partial charge in [0.1, 0.15) is 4.90 Å². The van der Waals surface area contributed by atoms with E-state index in [1.165, 1.54) is 29.2 Å². The highest BCUT2D eigenvalue weighted by Gasteiger charge is 2.44. The maximum atomic E-state index is 14.1. The van der Waals surface area contributed by atoms with Gasteiger partial charge in [0.2, 0.25) is 0 Å². The minimum atomic E-state index is -4.33. The number of urea groups is 1. The van der Waals surface area contributed by atoms with E-state index in [1.807, 2.05) is 35.2 Å². The van der Waals surface area contributed by atoms with Crippen LogP contribution in [0.4, 0.5) is 21.9 Å². The third kappa shape index (κ3) is 4.85. The number of non-ortho nitro benzene ring substituents is 1. The standard InChI is InChI=1S/C25H24ClN5O5S/c26-20-14-22(28-11-9-27-10-12-28)24-23(15-20)29(16-18-5-2-1-3-6-18)25(32)30(37(24,35)36)17-19-7-4-8-21(13-19)31(33)34/h1-8,13-15,27H,9-12,16-17H2. The highest BCUT2D eigenvalue weighted by atomic mass is 35.5. The molecule has 2 heterocycles. The molecule has 10 nitrogen and oxygen atoms in total. The first-order chi connectivity index (χ1) is 17.8. The van der Waals surface area contributed by atoms with Gasteiger partial charge in [-0.2, -0.15) is 0 Å². The Morgan fingerprint density at radius 1 is 0.919 bits per heavy atom. The van der Waals surface area contributed by atoms with Crippen LogP contribution in [0, 0.1) is 10.1 Å². The third-order valence-corrected chi connectivity index (χ3v) is 8.40. The Labute approximate surface area is 219 Å². The van der Waals surface area contributed by atoms with E-state index in [0.717, 1.165) is 9.87 Å². The van der Waals surface area contributed by atoms with E-state index in [-0.39, 0.29) is 29.4 Å². The predicted molar refractivity (Wildman–Crippen MR) is 140 cm³/mol. The van der Waals surface area contributed by atoms with Crippen molar-refractivity contribution in [3.63, 3.8) is 0 Å². The molecule has 3 aromatic rings. The molecule has 192 valence electrons. The Morgan fingerprint density at radius 2 is 1.59 bits per heavy atom. The number of halogens is 1. The van der Waals surface area contributed by atoms with Gasteiger partial charge in [-0.05, 0) is 23.3 Å². The van der Waals surface area contributed by atoms with Gasteiger partial charge in [0.15, 0.2) is 0 Å². The number of benzene rings is 3. The van der Waals surface area contributed by atoms with E-state index < -0.39 is 21.0 Å². The number of nitrogens with zero attached hydrogens (tertiary/aromatic N) is 4. The van der Waals surface area contributed by atoms with Gasteiger partial charge in [-0.25, -0.2) is 17.5 Å². The Morgan fingerprint density at radius 3 is 2.30 bits per heavy atom. The molecule has 3 aromatic carbocycles. The van der Waals surface area contributed by atoms with Crippen molar-refractivity contribution in [3.8, 4) is 0 Å². The van der Waals surface area contributed by atoms with Crippen molar-refractivity contribution in [2.75, 3.05) is 36.0 Å². The summed E-state index contributed by atoms with van der Waals surface area (Å²) in [7, 11) is -4.33. The minimum Gasteiger partial charge on any atom is -0.368 e. The molecule has 2 aliphatic heterocycles. The van der Waals surface area contributed by atoms with Crippen LogP contribution in [0.25, 0.3) is 0 Å². The number of carbonyl (C=O) groups is 1. The molecule has 5 rings (SSSR count). The minimum absolute atomic E-state index is 0.000220. The zero-order valence-electron chi connectivity index (χ0n) is 19.7. The van der Waals surface area contributed by atoms with Gasteiger partial charge in [-0.15, -0.1) is 0 Å². The maximum absolute atomic E-state index is 14.1. The van der Waals surface area contributed by atoms with Crippen LogP contribution < -0.4 is 15.1 Å². The Hall–Kier alpha value is -3.67. The van der Waals surface area contributed by atoms with E-state index in [4.69, 9.17) is 11.6 Å². The average Bonchev–Trinajstić information content (AvgIpc) is 2.90. The molecule has 0 radical (unpaired) electrons. The Bertz CT molecular complexity index is 1460. The lowest BCUT2D eigenvalue weighted by Gasteiger charge is -2.39. The number of nitro groups is 1. The summed E-state index contributed by atoms with van der Waals surface area (Å²) in [6, 6.07) is 17.2. The molecular weight excluding hydrogens is 518 g/mol. The Balaban J connectivity index is 1.66. The van der Waals surface area contributed by atoms with Gasteiger partial charge >= 0.3 is 6.03 Å². The second-order valence-electron chi connectivity index (χ2n) is 8.80. The molecule has 2 aliphatic rings. The van der Waals surface area contributed by atoms with Gasteiger partial charge in [-0.3, -0.25) is 15.0 Å². The number of nitro benzene ring substituents is 1. The highest BCUT2D eigenvalue weighted by molar-refractivity contribution is 7.90. The van der Waals surface area contributed by atoms with Gasteiger partial charge in [0.05, 0.1) is 29.4 Å². The number of hydrogen-bond acceptors (Lipinski definition) is 7. The van der Waals surface area contributed by atoms with E-state index in [0.29, 0.717) is 42.5 Å². The molecule has 37 heavy (non-hydrogen) atoms. The summed E-state index contributed by atoms with van der Waals surface area (Å²) in [6.45, 7) is 2.25. The molecule has 1 fully saturated rings. The van der Waals surface area contributed by atoms with Crippen molar-refractivity contribution < 1.29 is 18.1 Å². The van der Waals surface area contributed by atoms with Crippen LogP contribution in [0.2, 0.25) is 5.02 Å². The molecule has 0 unspecified atom stereocenters. The summed E-state index contributed by atoms with van der Waals surface area (Å²) in [5.41, 5.74) is 1.59. The fourth-order valence-corrected chi connectivity index (χ4v) is 6.56. The number of anilines is 2. The average molecular weight is 542 g/mol. The van der Waals surface area contributed by atoms with Gasteiger partial charge < -0.3 is 10.2 Å². The number of carbonyl (C=O) groups excluding carboxylic acids is 1. The smallest absolute Gasteiger partial charge is 0.339 e. The number of piperazine rings is 1. The number of nitrogens with one attached hydrogen (secondary N) is 1. The SMILES string of the molecule is O=C1N(Cc2ccccc2)c2cc(Cl)cc(N3CCNCC3)c2S(=O)(=O)N1Cc1cccc([N+](=O)[O-])c1. The van der Waals surface area contributed by atoms with E-state index in [1.54, 1.807) is 12.1 Å². The molecule has 0 saturated carbocycles. The molecule has 0 aromatic heterocycles. The van der Waals surface area contributed by atoms with Crippen molar-refractivity contribution >= 4 is 44.7 Å². The van der Waals surface area contributed by atoms with Gasteiger partial charge in [-0.1, -0.05) is 54.1 Å². The fourth-order valence-electron chi connectivity index (χ4n) is 4.63. The molecule has 0 atom stereocenters. The molecular formula is C25H24ClN5O5S. The quantitative estimate of drug-likeness (QED) is 0.370. The van der Waals surface area contributed by atoms with E-state index in [2.05, 4.69) is 5.32 Å². The van der Waals surface area contributed by atoms with Crippen LogP contribution in [0.5, 0.6) is 0 Å². The van der Waals surface area contributed by atoms with Crippen molar-refractivity contribution in [1.82, 2.24) is 9.62 Å². The van der Waals surface area contributed by atoms with Gasteiger partial charge in [0.25, 0.3) is 15.7 Å². The van der Waals surface area contributed by atoms with Gasteiger partial charge in [0, 0.05) is 43.3 Å². The van der Waals surface area contributed by atoms with Crippen molar-refractivity contribution in [1.29, 1.82) is 0 Å². The van der Waals surface area contributed by atoms with E-state index in [9.17, 15) is 23.3 Å². The van der Waals surface area contributed by atoms with Crippen LogP contribution in [-0.4, -0.2) is 49.9 Å². The molecule has 2 amide bonds. The summed E-state index contributed by atoms with van der Waals surface area (Å²) >= 11 is 6.47.